The first kappa shape index (κ1) is 11.4. The fourth-order valence-electron chi connectivity index (χ4n) is 1.80. The molecule has 0 saturated carbocycles. The molecule has 0 bridgehead atoms. The molecule has 0 aliphatic carbocycles. The number of hydrogen-bond donors (Lipinski definition) is 0. The Morgan fingerprint density at radius 1 is 1.44 bits per heavy atom. The molecular formula is C12H14ClNO2. The minimum Gasteiger partial charge on any atom is -0.362 e. The molecule has 1 unspecified atom stereocenters. The van der Waals surface area contributed by atoms with Gasteiger partial charge in [-0.05, 0) is 24.6 Å². The fourth-order valence-corrected chi connectivity index (χ4v) is 1.93. The van der Waals surface area contributed by atoms with E-state index in [1.807, 2.05) is 36.1 Å². The number of hydrogen-bond acceptors (Lipinski definition) is 2. The van der Waals surface area contributed by atoms with E-state index in [0.717, 1.165) is 12.1 Å². The van der Waals surface area contributed by atoms with Gasteiger partial charge in [0.15, 0.2) is 0 Å². The van der Waals surface area contributed by atoms with Crippen LogP contribution < -0.4 is 0 Å². The van der Waals surface area contributed by atoms with Crippen molar-refractivity contribution in [3.05, 3.63) is 34.9 Å². The lowest BCUT2D eigenvalue weighted by atomic mass is 10.1. The van der Waals surface area contributed by atoms with Crippen molar-refractivity contribution in [3.63, 3.8) is 0 Å². The molecule has 0 radical (unpaired) electrons. The second-order valence-electron chi connectivity index (χ2n) is 3.78. The molecule has 1 aliphatic heterocycles. The van der Waals surface area contributed by atoms with Crippen LogP contribution in [0.2, 0.25) is 5.02 Å². The maximum absolute atomic E-state index is 11.4. The Labute approximate surface area is 100.0 Å². The highest BCUT2D eigenvalue weighted by atomic mass is 35.5. The van der Waals surface area contributed by atoms with Crippen LogP contribution in [0.3, 0.4) is 0 Å². The van der Waals surface area contributed by atoms with Crippen LogP contribution in [-0.4, -0.2) is 30.5 Å². The third-order valence-corrected chi connectivity index (χ3v) is 3.02. The number of morpholine rings is 1. The average Bonchev–Trinajstić information content (AvgIpc) is 2.31. The first-order chi connectivity index (χ1) is 7.70. The number of halogens is 1. The van der Waals surface area contributed by atoms with Crippen molar-refractivity contribution in [2.24, 2.45) is 0 Å². The molecule has 1 aromatic carbocycles. The Morgan fingerprint density at radius 2 is 2.12 bits per heavy atom. The Balaban J connectivity index is 2.11. The fraction of sp³-hybridized carbons (Fsp3) is 0.417. The number of carbonyl (C=O) groups is 1. The van der Waals surface area contributed by atoms with Crippen molar-refractivity contribution < 1.29 is 9.53 Å². The van der Waals surface area contributed by atoms with Crippen molar-refractivity contribution >= 4 is 17.5 Å². The summed E-state index contributed by atoms with van der Waals surface area (Å²) in [7, 11) is 0. The lowest BCUT2D eigenvalue weighted by molar-refractivity contribution is -0.148. The summed E-state index contributed by atoms with van der Waals surface area (Å²) < 4.78 is 5.51. The van der Waals surface area contributed by atoms with Crippen molar-refractivity contribution in [3.8, 4) is 0 Å². The van der Waals surface area contributed by atoms with Crippen LogP contribution in [0.5, 0.6) is 0 Å². The molecule has 1 aromatic rings. The van der Waals surface area contributed by atoms with E-state index >= 15 is 0 Å². The molecule has 4 heteroatoms. The summed E-state index contributed by atoms with van der Waals surface area (Å²) in [5.74, 6) is 0.0627. The quantitative estimate of drug-likeness (QED) is 0.792. The average molecular weight is 240 g/mol. The number of benzene rings is 1. The van der Waals surface area contributed by atoms with Gasteiger partial charge in [-0.1, -0.05) is 23.7 Å². The Hall–Kier alpha value is -1.06. The molecule has 0 N–H and O–H groups in total. The van der Waals surface area contributed by atoms with Gasteiger partial charge in [-0.15, -0.1) is 0 Å². The highest BCUT2D eigenvalue weighted by Gasteiger charge is 2.25. The molecule has 1 atom stereocenters. The number of ether oxygens (including phenoxy) is 1. The molecule has 2 rings (SSSR count). The molecule has 86 valence electrons. The zero-order valence-corrected chi connectivity index (χ0v) is 9.91. The van der Waals surface area contributed by atoms with E-state index in [-0.39, 0.29) is 18.6 Å². The maximum atomic E-state index is 11.4. The Kier molecular flexibility index (Phi) is 3.46. The third kappa shape index (κ3) is 2.36. The third-order valence-electron chi connectivity index (χ3n) is 2.77. The van der Waals surface area contributed by atoms with E-state index in [9.17, 15) is 4.79 Å². The highest BCUT2D eigenvalue weighted by molar-refractivity contribution is 6.30. The van der Waals surface area contributed by atoms with Gasteiger partial charge in [0, 0.05) is 11.6 Å². The number of carbonyl (C=O) groups excluding carboxylic acids is 1. The number of nitrogens with zero attached hydrogens (tertiary/aromatic N) is 1. The molecule has 1 saturated heterocycles. The van der Waals surface area contributed by atoms with Crippen LogP contribution in [0.25, 0.3) is 0 Å². The van der Waals surface area contributed by atoms with Gasteiger partial charge < -0.3 is 9.64 Å². The van der Waals surface area contributed by atoms with E-state index in [4.69, 9.17) is 16.3 Å². The molecule has 16 heavy (non-hydrogen) atoms. The Morgan fingerprint density at radius 3 is 2.75 bits per heavy atom. The van der Waals surface area contributed by atoms with Crippen LogP contribution in [0, 0.1) is 0 Å². The number of likely N-dealkylation sites (N-methyl/N-ethyl adjacent to an activating group) is 1. The van der Waals surface area contributed by atoms with Gasteiger partial charge in [-0.3, -0.25) is 4.79 Å². The van der Waals surface area contributed by atoms with Crippen LogP contribution in [-0.2, 0) is 9.53 Å². The first-order valence-corrected chi connectivity index (χ1v) is 5.73. The number of rotatable bonds is 2. The Bertz CT molecular complexity index is 377. The van der Waals surface area contributed by atoms with E-state index < -0.39 is 0 Å². The van der Waals surface area contributed by atoms with Gasteiger partial charge >= 0.3 is 0 Å². The minimum absolute atomic E-state index is 0.0325. The van der Waals surface area contributed by atoms with Crippen molar-refractivity contribution in [2.75, 3.05) is 19.7 Å². The second kappa shape index (κ2) is 4.85. The second-order valence-corrected chi connectivity index (χ2v) is 4.22. The number of amides is 1. The zero-order valence-electron chi connectivity index (χ0n) is 9.15. The highest BCUT2D eigenvalue weighted by Crippen LogP contribution is 2.23. The SMILES string of the molecule is CCN1CC(c2ccc(Cl)cc2)OCC1=O. The van der Waals surface area contributed by atoms with Crippen LogP contribution in [0.15, 0.2) is 24.3 Å². The normalized spacial score (nSPS) is 21.2. The van der Waals surface area contributed by atoms with Crippen LogP contribution >= 0.6 is 11.6 Å². The van der Waals surface area contributed by atoms with Crippen LogP contribution in [0.1, 0.15) is 18.6 Å². The molecule has 1 heterocycles. The van der Waals surface area contributed by atoms with E-state index in [1.165, 1.54) is 0 Å². The first-order valence-electron chi connectivity index (χ1n) is 5.35. The van der Waals surface area contributed by atoms with Crippen LogP contribution in [0.4, 0.5) is 0 Å². The van der Waals surface area contributed by atoms with Gasteiger partial charge in [-0.25, -0.2) is 0 Å². The van der Waals surface area contributed by atoms with Gasteiger partial charge in [0.2, 0.25) is 5.91 Å². The standard InChI is InChI=1S/C12H14ClNO2/c1-2-14-7-11(16-8-12(14)15)9-3-5-10(13)6-4-9/h3-6,11H,2,7-8H2,1H3. The van der Waals surface area contributed by atoms with E-state index in [2.05, 4.69) is 0 Å². The minimum atomic E-state index is -0.0325. The largest absolute Gasteiger partial charge is 0.362 e. The van der Waals surface area contributed by atoms with E-state index in [0.29, 0.717) is 11.6 Å². The lowest BCUT2D eigenvalue weighted by Crippen LogP contribution is -2.42. The summed E-state index contributed by atoms with van der Waals surface area (Å²) in [5.41, 5.74) is 1.07. The summed E-state index contributed by atoms with van der Waals surface area (Å²) in [6.07, 6.45) is -0.0325. The summed E-state index contributed by atoms with van der Waals surface area (Å²) in [6.45, 7) is 3.49. The van der Waals surface area contributed by atoms with Gasteiger partial charge in [0.05, 0.1) is 6.54 Å². The topological polar surface area (TPSA) is 29.5 Å². The van der Waals surface area contributed by atoms with E-state index in [1.54, 1.807) is 0 Å². The van der Waals surface area contributed by atoms with Gasteiger partial charge in [0.1, 0.15) is 12.7 Å². The van der Waals surface area contributed by atoms with Crippen molar-refractivity contribution in [1.82, 2.24) is 4.90 Å². The monoisotopic (exact) mass is 239 g/mol. The van der Waals surface area contributed by atoms with Gasteiger partial charge in [0.25, 0.3) is 0 Å². The molecular weight excluding hydrogens is 226 g/mol. The van der Waals surface area contributed by atoms with Crippen molar-refractivity contribution in [2.45, 2.75) is 13.0 Å². The molecule has 1 amide bonds. The smallest absolute Gasteiger partial charge is 0.248 e. The summed E-state index contributed by atoms with van der Waals surface area (Å²) in [6, 6.07) is 7.56. The maximum Gasteiger partial charge on any atom is 0.248 e. The summed E-state index contributed by atoms with van der Waals surface area (Å²) >= 11 is 5.82. The zero-order chi connectivity index (χ0) is 11.5. The predicted molar refractivity (Wildman–Crippen MR) is 62.4 cm³/mol. The molecule has 0 aromatic heterocycles. The summed E-state index contributed by atoms with van der Waals surface area (Å²) in [4.78, 5) is 13.2. The molecule has 1 fully saturated rings. The summed E-state index contributed by atoms with van der Waals surface area (Å²) in [5, 5.41) is 0.711. The predicted octanol–water partition coefficient (Wildman–Crippen LogP) is 2.26. The molecule has 0 spiro atoms. The molecule has 3 nitrogen and oxygen atoms in total. The molecule has 1 aliphatic rings. The van der Waals surface area contributed by atoms with Crippen molar-refractivity contribution in [1.29, 1.82) is 0 Å². The lowest BCUT2D eigenvalue weighted by Gasteiger charge is -2.32. The van der Waals surface area contributed by atoms with Gasteiger partial charge in [-0.2, -0.15) is 0 Å².